The first-order chi connectivity index (χ1) is 9.13. The number of hydrogen-bond donors (Lipinski definition) is 2. The molecule has 7 nitrogen and oxygen atoms in total. The van der Waals surface area contributed by atoms with Gasteiger partial charge in [0.1, 0.15) is 6.54 Å². The van der Waals surface area contributed by atoms with Crippen molar-refractivity contribution < 1.29 is 14.7 Å². The van der Waals surface area contributed by atoms with Crippen LogP contribution in [-0.4, -0.2) is 51.2 Å². The summed E-state index contributed by atoms with van der Waals surface area (Å²) in [5.41, 5.74) is 0. The van der Waals surface area contributed by atoms with Crippen molar-refractivity contribution in [1.82, 2.24) is 19.8 Å². The molecule has 102 valence electrons. The number of carboxylic acid groups (broad SMARTS) is 1. The van der Waals surface area contributed by atoms with Crippen molar-refractivity contribution in [3.05, 3.63) is 18.7 Å². The first-order valence-electron chi connectivity index (χ1n) is 5.77. The quantitative estimate of drug-likeness (QED) is 0.536. The van der Waals surface area contributed by atoms with Crippen molar-refractivity contribution >= 4 is 12.0 Å². The second kappa shape index (κ2) is 7.76. The minimum atomic E-state index is -1.09. The highest BCUT2D eigenvalue weighted by Crippen LogP contribution is 1.92. The van der Waals surface area contributed by atoms with Crippen LogP contribution in [0, 0.1) is 12.3 Å². The Morgan fingerprint density at radius 2 is 2.32 bits per heavy atom. The molecule has 0 saturated heterocycles. The molecule has 1 aromatic rings. The van der Waals surface area contributed by atoms with Crippen molar-refractivity contribution in [1.29, 1.82) is 0 Å². The molecule has 0 aliphatic heterocycles. The maximum atomic E-state index is 11.7. The van der Waals surface area contributed by atoms with E-state index in [0.717, 1.165) is 17.9 Å². The van der Waals surface area contributed by atoms with Gasteiger partial charge in [0.05, 0.1) is 12.9 Å². The molecule has 2 N–H and O–H groups in total. The number of aryl methyl sites for hydroxylation is 1. The number of rotatable bonds is 7. The Balaban J connectivity index is 2.27. The molecule has 0 fully saturated rings. The number of carbonyl (C=O) groups excluding carboxylic acids is 1. The molecule has 0 saturated carbocycles. The third kappa shape index (κ3) is 5.59. The Labute approximate surface area is 111 Å². The van der Waals surface area contributed by atoms with Gasteiger partial charge >= 0.3 is 12.0 Å². The van der Waals surface area contributed by atoms with E-state index in [1.807, 2.05) is 10.8 Å². The van der Waals surface area contributed by atoms with E-state index < -0.39 is 18.5 Å². The Morgan fingerprint density at radius 3 is 2.89 bits per heavy atom. The van der Waals surface area contributed by atoms with E-state index in [-0.39, 0.29) is 6.54 Å². The number of amides is 2. The number of nitrogens with one attached hydrogen (secondary N) is 1. The largest absolute Gasteiger partial charge is 0.480 e. The first kappa shape index (κ1) is 14.6. The number of nitrogens with zero attached hydrogens (tertiary/aromatic N) is 3. The first-order valence-corrected chi connectivity index (χ1v) is 5.77. The van der Waals surface area contributed by atoms with Crippen LogP contribution in [0.5, 0.6) is 0 Å². The molecule has 0 radical (unpaired) electrons. The van der Waals surface area contributed by atoms with Crippen LogP contribution in [0.15, 0.2) is 18.7 Å². The molecule has 0 aliphatic rings. The van der Waals surface area contributed by atoms with Gasteiger partial charge in [-0.05, 0) is 6.42 Å². The normalized spacial score (nSPS) is 9.63. The molecule has 0 atom stereocenters. The van der Waals surface area contributed by atoms with Crippen molar-refractivity contribution in [2.75, 3.05) is 19.6 Å². The summed E-state index contributed by atoms with van der Waals surface area (Å²) in [6.07, 6.45) is 11.0. The van der Waals surface area contributed by atoms with Crippen molar-refractivity contribution in [2.45, 2.75) is 13.0 Å². The summed E-state index contributed by atoms with van der Waals surface area (Å²) in [5, 5.41) is 11.3. The van der Waals surface area contributed by atoms with E-state index in [9.17, 15) is 9.59 Å². The lowest BCUT2D eigenvalue weighted by Gasteiger charge is -2.18. The van der Waals surface area contributed by atoms with Crippen LogP contribution in [0.2, 0.25) is 0 Å². The summed E-state index contributed by atoms with van der Waals surface area (Å²) in [5.74, 6) is 1.16. The third-order valence-electron chi connectivity index (χ3n) is 2.32. The van der Waals surface area contributed by atoms with Crippen molar-refractivity contribution in [3.63, 3.8) is 0 Å². The zero-order chi connectivity index (χ0) is 14.1. The molecule has 1 rings (SSSR count). The molecule has 7 heteroatoms. The van der Waals surface area contributed by atoms with Gasteiger partial charge in [0.15, 0.2) is 0 Å². The molecule has 1 heterocycles. The second-order valence-electron chi connectivity index (χ2n) is 3.84. The van der Waals surface area contributed by atoms with Crippen molar-refractivity contribution in [2.24, 2.45) is 0 Å². The molecule has 2 amide bonds. The zero-order valence-electron chi connectivity index (χ0n) is 10.5. The highest BCUT2D eigenvalue weighted by Gasteiger charge is 2.14. The molecule has 0 spiro atoms. The van der Waals surface area contributed by atoms with Gasteiger partial charge in [0.2, 0.25) is 0 Å². The standard InChI is InChI=1S/C12H16N4O3/c1-2-6-16(9-11(17)18)12(19)14-4-3-7-15-8-5-13-10-15/h1,5,8,10H,3-4,6-7,9H2,(H,14,19)(H,17,18). The Kier molecular flexibility index (Phi) is 5.95. The van der Waals surface area contributed by atoms with Gasteiger partial charge < -0.3 is 19.9 Å². The highest BCUT2D eigenvalue weighted by molar-refractivity contribution is 5.80. The van der Waals surface area contributed by atoms with Gasteiger partial charge in [-0.2, -0.15) is 0 Å². The number of carboxylic acids is 1. The summed E-state index contributed by atoms with van der Waals surface area (Å²) in [7, 11) is 0. The van der Waals surface area contributed by atoms with E-state index in [1.165, 1.54) is 0 Å². The van der Waals surface area contributed by atoms with Gasteiger partial charge in [0, 0.05) is 25.5 Å². The SMILES string of the molecule is C#CCN(CC(=O)O)C(=O)NCCCn1ccnc1. The minimum Gasteiger partial charge on any atom is -0.480 e. The number of urea groups is 1. The summed E-state index contributed by atoms with van der Waals surface area (Å²) in [4.78, 5) is 27.2. The van der Waals surface area contributed by atoms with Gasteiger partial charge in [-0.25, -0.2) is 9.78 Å². The van der Waals surface area contributed by atoms with E-state index in [4.69, 9.17) is 11.5 Å². The summed E-state index contributed by atoms with van der Waals surface area (Å²) in [6.45, 7) is 0.739. The van der Waals surface area contributed by atoms with Gasteiger partial charge in [-0.15, -0.1) is 6.42 Å². The van der Waals surface area contributed by atoms with Crippen molar-refractivity contribution in [3.8, 4) is 12.3 Å². The van der Waals surface area contributed by atoms with Crippen LogP contribution < -0.4 is 5.32 Å². The molecular weight excluding hydrogens is 248 g/mol. The minimum absolute atomic E-state index is 0.0281. The lowest BCUT2D eigenvalue weighted by Crippen LogP contribution is -2.43. The predicted molar refractivity (Wildman–Crippen MR) is 68.3 cm³/mol. The fourth-order valence-corrected chi connectivity index (χ4v) is 1.46. The summed E-state index contributed by atoms with van der Waals surface area (Å²) in [6, 6.07) is -0.467. The summed E-state index contributed by atoms with van der Waals surface area (Å²) < 4.78 is 1.89. The van der Waals surface area contributed by atoms with E-state index >= 15 is 0 Å². The number of aliphatic carboxylic acids is 1. The predicted octanol–water partition coefficient (Wildman–Crippen LogP) is 0.00260. The van der Waals surface area contributed by atoms with Gasteiger partial charge in [-0.1, -0.05) is 5.92 Å². The molecule has 0 aromatic carbocycles. The summed E-state index contributed by atoms with van der Waals surface area (Å²) >= 11 is 0. The molecule has 0 aliphatic carbocycles. The Hall–Kier alpha value is -2.49. The average molecular weight is 264 g/mol. The highest BCUT2D eigenvalue weighted by atomic mass is 16.4. The Bertz CT molecular complexity index is 450. The monoisotopic (exact) mass is 264 g/mol. The van der Waals surface area contributed by atoms with Crippen LogP contribution >= 0.6 is 0 Å². The zero-order valence-corrected chi connectivity index (χ0v) is 10.5. The maximum Gasteiger partial charge on any atom is 0.323 e. The van der Waals surface area contributed by atoms with Gasteiger partial charge in [-0.3, -0.25) is 4.79 Å². The Morgan fingerprint density at radius 1 is 1.53 bits per heavy atom. The number of aromatic nitrogens is 2. The van der Waals surface area contributed by atoms with Crippen LogP contribution in [0.3, 0.4) is 0 Å². The average Bonchev–Trinajstić information content (AvgIpc) is 2.86. The maximum absolute atomic E-state index is 11.7. The van der Waals surface area contributed by atoms with Crippen LogP contribution in [0.4, 0.5) is 4.79 Å². The lowest BCUT2D eigenvalue weighted by molar-refractivity contribution is -0.137. The van der Waals surface area contributed by atoms with Crippen LogP contribution in [-0.2, 0) is 11.3 Å². The van der Waals surface area contributed by atoms with E-state index in [2.05, 4.69) is 16.2 Å². The number of hydrogen-bond acceptors (Lipinski definition) is 3. The molecule has 0 unspecified atom stereocenters. The second-order valence-corrected chi connectivity index (χ2v) is 3.84. The molecule has 1 aromatic heterocycles. The third-order valence-corrected chi connectivity index (χ3v) is 2.32. The topological polar surface area (TPSA) is 87.5 Å². The van der Waals surface area contributed by atoms with Crippen LogP contribution in [0.1, 0.15) is 6.42 Å². The molecular formula is C12H16N4O3. The number of carbonyl (C=O) groups is 2. The fraction of sp³-hybridized carbons (Fsp3) is 0.417. The molecule has 19 heavy (non-hydrogen) atoms. The number of terminal acetylenes is 1. The fourth-order valence-electron chi connectivity index (χ4n) is 1.46. The number of imidazole rings is 1. The smallest absolute Gasteiger partial charge is 0.323 e. The van der Waals surface area contributed by atoms with Crippen LogP contribution in [0.25, 0.3) is 0 Å². The van der Waals surface area contributed by atoms with Gasteiger partial charge in [0.25, 0.3) is 0 Å². The van der Waals surface area contributed by atoms with E-state index in [0.29, 0.717) is 6.54 Å². The molecule has 0 bridgehead atoms. The lowest BCUT2D eigenvalue weighted by atomic mass is 10.4. The van der Waals surface area contributed by atoms with E-state index in [1.54, 1.807) is 12.5 Å².